The van der Waals surface area contributed by atoms with Crippen molar-refractivity contribution in [2.45, 2.75) is 0 Å². The van der Waals surface area contributed by atoms with Crippen molar-refractivity contribution in [3.05, 3.63) is 102 Å². The average molecular weight is 366 g/mol. The summed E-state index contributed by atoms with van der Waals surface area (Å²) in [7, 11) is 0. The molecule has 1 heterocycles. The van der Waals surface area contributed by atoms with E-state index in [0.717, 1.165) is 11.1 Å². The quantitative estimate of drug-likeness (QED) is 0.394. The van der Waals surface area contributed by atoms with Crippen LogP contribution in [0.15, 0.2) is 94.3 Å². The molecule has 0 unspecified atom stereocenters. The van der Waals surface area contributed by atoms with Gasteiger partial charge in [0.15, 0.2) is 0 Å². The molecule has 3 aromatic carbocycles. The Morgan fingerprint density at radius 2 is 1.43 bits per heavy atom. The number of furan rings is 1. The van der Waals surface area contributed by atoms with Crippen LogP contribution in [0.25, 0.3) is 22.5 Å². The summed E-state index contributed by atoms with van der Waals surface area (Å²) in [5, 5.41) is 9.82. The molecule has 0 spiro atoms. The van der Waals surface area contributed by atoms with Gasteiger partial charge in [-0.1, -0.05) is 72.8 Å². The Hall–Kier alpha value is -3.97. The number of hydrogen-bond acceptors (Lipinski definition) is 3. The van der Waals surface area contributed by atoms with Gasteiger partial charge in [0.25, 0.3) is 0 Å². The highest BCUT2D eigenvalue weighted by molar-refractivity contribution is 5.89. The summed E-state index contributed by atoms with van der Waals surface area (Å²) in [4.78, 5) is 4.37. The van der Waals surface area contributed by atoms with E-state index in [1.54, 1.807) is 18.3 Å². The van der Waals surface area contributed by atoms with Crippen molar-refractivity contribution in [3.8, 4) is 28.5 Å². The molecule has 4 aromatic rings. The van der Waals surface area contributed by atoms with Crippen molar-refractivity contribution >= 4 is 12.1 Å². The zero-order valence-corrected chi connectivity index (χ0v) is 14.8. The first kappa shape index (κ1) is 17.4. The second kappa shape index (κ2) is 7.73. The van der Waals surface area contributed by atoms with Gasteiger partial charge in [-0.05, 0) is 23.3 Å². The summed E-state index contributed by atoms with van der Waals surface area (Å²) < 4.78 is 19.1. The molecule has 0 aliphatic heterocycles. The molecular formula is C24H15FN2O. The fraction of sp³-hybridized carbons (Fsp3) is 0. The van der Waals surface area contributed by atoms with Gasteiger partial charge in [0.05, 0.1) is 0 Å². The maximum atomic E-state index is 13.1. The first-order valence-electron chi connectivity index (χ1n) is 8.73. The highest BCUT2D eigenvalue weighted by atomic mass is 19.1. The van der Waals surface area contributed by atoms with Crippen molar-refractivity contribution in [2.75, 3.05) is 0 Å². The van der Waals surface area contributed by atoms with E-state index in [0.29, 0.717) is 22.5 Å². The van der Waals surface area contributed by atoms with Gasteiger partial charge in [-0.2, -0.15) is 5.26 Å². The van der Waals surface area contributed by atoms with Gasteiger partial charge in [0.2, 0.25) is 5.88 Å². The van der Waals surface area contributed by atoms with E-state index in [2.05, 4.69) is 11.1 Å². The highest BCUT2D eigenvalue weighted by Gasteiger charge is 2.22. The monoisotopic (exact) mass is 366 g/mol. The number of nitrogens with zero attached hydrogens (tertiary/aromatic N) is 2. The third kappa shape index (κ3) is 3.46. The summed E-state index contributed by atoms with van der Waals surface area (Å²) in [5.41, 5.74) is 3.53. The van der Waals surface area contributed by atoms with E-state index >= 15 is 0 Å². The van der Waals surface area contributed by atoms with Crippen LogP contribution in [-0.4, -0.2) is 6.21 Å². The van der Waals surface area contributed by atoms with E-state index in [4.69, 9.17) is 4.42 Å². The maximum Gasteiger partial charge on any atom is 0.238 e. The lowest BCUT2D eigenvalue weighted by Gasteiger charge is -2.03. The Bertz CT molecular complexity index is 1160. The van der Waals surface area contributed by atoms with E-state index in [9.17, 15) is 9.65 Å². The smallest absolute Gasteiger partial charge is 0.238 e. The van der Waals surface area contributed by atoms with Crippen LogP contribution in [0.4, 0.5) is 10.3 Å². The fourth-order valence-corrected chi connectivity index (χ4v) is 2.97. The number of benzene rings is 3. The van der Waals surface area contributed by atoms with Crippen molar-refractivity contribution < 1.29 is 8.81 Å². The molecule has 3 nitrogen and oxygen atoms in total. The fourth-order valence-electron chi connectivity index (χ4n) is 2.97. The number of rotatable bonds is 4. The molecular weight excluding hydrogens is 351 g/mol. The second-order valence-corrected chi connectivity index (χ2v) is 6.14. The summed E-state index contributed by atoms with van der Waals surface area (Å²) in [6, 6.07) is 27.4. The zero-order chi connectivity index (χ0) is 19.3. The lowest BCUT2D eigenvalue weighted by Crippen LogP contribution is -1.83. The third-order valence-electron chi connectivity index (χ3n) is 4.30. The molecule has 134 valence electrons. The molecule has 0 atom stereocenters. The summed E-state index contributed by atoms with van der Waals surface area (Å²) in [6.45, 7) is 0. The van der Waals surface area contributed by atoms with Crippen molar-refractivity contribution in [1.82, 2.24) is 0 Å². The van der Waals surface area contributed by atoms with Gasteiger partial charge in [-0.25, -0.2) is 9.38 Å². The summed E-state index contributed by atoms with van der Waals surface area (Å²) in [6.07, 6.45) is 1.56. The minimum atomic E-state index is -0.314. The molecule has 0 aliphatic carbocycles. The molecule has 4 heteroatoms. The van der Waals surface area contributed by atoms with Gasteiger partial charge in [-0.3, -0.25) is 0 Å². The molecule has 28 heavy (non-hydrogen) atoms. The first-order valence-corrected chi connectivity index (χ1v) is 8.73. The normalized spacial score (nSPS) is 10.9. The van der Waals surface area contributed by atoms with Crippen LogP contribution in [0.5, 0.6) is 0 Å². The standard InChI is InChI=1S/C24H15FN2O/c25-20-13-11-17(12-14-20)16-27-24-21(15-26)22(18-7-3-1-4-8-18)23(28-24)19-9-5-2-6-10-19/h1-14,16H. The van der Waals surface area contributed by atoms with Crippen LogP contribution in [0.3, 0.4) is 0 Å². The van der Waals surface area contributed by atoms with Crippen molar-refractivity contribution in [2.24, 2.45) is 4.99 Å². The lowest BCUT2D eigenvalue weighted by atomic mass is 9.98. The van der Waals surface area contributed by atoms with Crippen LogP contribution < -0.4 is 0 Å². The van der Waals surface area contributed by atoms with E-state index in [1.165, 1.54) is 12.1 Å². The van der Waals surface area contributed by atoms with Gasteiger partial charge < -0.3 is 4.42 Å². The largest absolute Gasteiger partial charge is 0.436 e. The number of halogens is 1. The SMILES string of the molecule is N#Cc1c(N=Cc2ccc(F)cc2)oc(-c2ccccc2)c1-c1ccccc1. The molecule has 0 amide bonds. The van der Waals surface area contributed by atoms with E-state index < -0.39 is 0 Å². The lowest BCUT2D eigenvalue weighted by molar-refractivity contribution is 0.593. The average Bonchev–Trinajstić information content (AvgIpc) is 3.13. The van der Waals surface area contributed by atoms with Crippen molar-refractivity contribution in [1.29, 1.82) is 5.26 Å². The van der Waals surface area contributed by atoms with Crippen LogP contribution in [0.2, 0.25) is 0 Å². The Kier molecular flexibility index (Phi) is 4.81. The molecule has 0 N–H and O–H groups in total. The minimum Gasteiger partial charge on any atom is -0.436 e. The summed E-state index contributed by atoms with van der Waals surface area (Å²) >= 11 is 0. The maximum absolute atomic E-state index is 13.1. The predicted molar refractivity (Wildman–Crippen MR) is 108 cm³/mol. The topological polar surface area (TPSA) is 49.3 Å². The number of nitriles is 1. The minimum absolute atomic E-state index is 0.226. The van der Waals surface area contributed by atoms with Crippen LogP contribution in [0, 0.1) is 17.1 Å². The van der Waals surface area contributed by atoms with E-state index in [1.807, 2.05) is 60.7 Å². The Morgan fingerprint density at radius 1 is 0.821 bits per heavy atom. The van der Waals surface area contributed by atoms with Gasteiger partial charge in [-0.15, -0.1) is 0 Å². The van der Waals surface area contributed by atoms with Crippen LogP contribution in [-0.2, 0) is 0 Å². The number of aliphatic imine (C=N–C) groups is 1. The molecule has 0 saturated heterocycles. The van der Waals surface area contributed by atoms with Crippen molar-refractivity contribution in [3.63, 3.8) is 0 Å². The highest BCUT2D eigenvalue weighted by Crippen LogP contribution is 2.42. The molecule has 0 fully saturated rings. The van der Waals surface area contributed by atoms with E-state index in [-0.39, 0.29) is 11.7 Å². The Balaban J connectivity index is 1.87. The first-order chi connectivity index (χ1) is 13.8. The van der Waals surface area contributed by atoms with Gasteiger partial charge in [0, 0.05) is 17.3 Å². The number of hydrogen-bond donors (Lipinski definition) is 0. The van der Waals surface area contributed by atoms with Crippen LogP contribution in [0.1, 0.15) is 11.1 Å². The molecule has 4 rings (SSSR count). The van der Waals surface area contributed by atoms with Gasteiger partial charge in [0.1, 0.15) is 23.2 Å². The molecule has 0 aliphatic rings. The predicted octanol–water partition coefficient (Wildman–Crippen LogP) is 6.37. The molecule has 0 saturated carbocycles. The Labute approximate surface area is 162 Å². The molecule has 0 radical (unpaired) electrons. The zero-order valence-electron chi connectivity index (χ0n) is 14.8. The second-order valence-electron chi connectivity index (χ2n) is 6.14. The molecule has 1 aromatic heterocycles. The third-order valence-corrected chi connectivity index (χ3v) is 4.30. The van der Waals surface area contributed by atoms with Gasteiger partial charge >= 0.3 is 0 Å². The summed E-state index contributed by atoms with van der Waals surface area (Å²) in [5.74, 6) is 0.504. The van der Waals surface area contributed by atoms with Crippen LogP contribution >= 0.6 is 0 Å². The Morgan fingerprint density at radius 3 is 2.04 bits per heavy atom. The molecule has 0 bridgehead atoms.